The van der Waals surface area contributed by atoms with Crippen LogP contribution >= 0.6 is 0 Å². The molecule has 1 aromatic rings. The number of hydrogen-bond acceptors (Lipinski definition) is 4. The van der Waals surface area contributed by atoms with E-state index in [4.69, 9.17) is 16.2 Å². The molecule has 1 aliphatic rings. The number of nitrogens with one attached hydrogen (secondary N) is 1. The monoisotopic (exact) mass is 306 g/mol. The Hall–Kier alpha value is -2.12. The second-order valence-corrected chi connectivity index (χ2v) is 5.24. The molecule has 0 bridgehead atoms. The zero-order valence-electron chi connectivity index (χ0n) is 12.5. The Morgan fingerprint density at radius 1 is 1.32 bits per heavy atom. The van der Waals surface area contributed by atoms with Crippen molar-refractivity contribution in [3.8, 4) is 0 Å². The lowest BCUT2D eigenvalue weighted by atomic mass is 10.1. The topological polar surface area (TPSA) is 111 Å². The molecule has 0 saturated carbocycles. The van der Waals surface area contributed by atoms with Gasteiger partial charge in [-0.3, -0.25) is 4.79 Å². The predicted octanol–water partition coefficient (Wildman–Crippen LogP) is 0.0447. The summed E-state index contributed by atoms with van der Waals surface area (Å²) < 4.78 is 5.55. The predicted molar refractivity (Wildman–Crippen MR) is 82.2 cm³/mol. The summed E-state index contributed by atoms with van der Waals surface area (Å²) in [6, 6.07) is 6.73. The third kappa shape index (κ3) is 4.44. The van der Waals surface area contributed by atoms with Crippen LogP contribution in [0.25, 0.3) is 0 Å². The molecular weight excluding hydrogens is 284 g/mol. The second kappa shape index (κ2) is 7.77. The van der Waals surface area contributed by atoms with Crippen LogP contribution in [0.1, 0.15) is 22.3 Å². The molecule has 0 radical (unpaired) electrons. The number of carbonyl (C=O) groups is 2. The number of carbonyl (C=O) groups excluding carboxylic acids is 2. The first-order chi connectivity index (χ1) is 10.6. The Balaban J connectivity index is 1.83. The van der Waals surface area contributed by atoms with Crippen molar-refractivity contribution in [2.75, 3.05) is 26.2 Å². The molecule has 5 N–H and O–H groups in total. The smallest absolute Gasteiger partial charge is 0.317 e. The molecule has 1 aromatic carbocycles. The van der Waals surface area contributed by atoms with Crippen LogP contribution in [0.2, 0.25) is 0 Å². The van der Waals surface area contributed by atoms with Gasteiger partial charge in [0.2, 0.25) is 5.91 Å². The second-order valence-electron chi connectivity index (χ2n) is 5.24. The minimum absolute atomic E-state index is 0.0133. The van der Waals surface area contributed by atoms with E-state index in [2.05, 4.69) is 5.32 Å². The van der Waals surface area contributed by atoms with Gasteiger partial charge in [-0.2, -0.15) is 0 Å². The van der Waals surface area contributed by atoms with E-state index >= 15 is 0 Å². The maximum atomic E-state index is 12.2. The van der Waals surface area contributed by atoms with Crippen molar-refractivity contribution in [3.05, 3.63) is 35.4 Å². The fourth-order valence-electron chi connectivity index (χ4n) is 2.34. The summed E-state index contributed by atoms with van der Waals surface area (Å²) in [5.74, 6) is -0.463. The number of nitrogens with two attached hydrogens (primary N) is 2. The van der Waals surface area contributed by atoms with E-state index in [1.807, 2.05) is 0 Å². The van der Waals surface area contributed by atoms with Crippen LogP contribution in [0.4, 0.5) is 4.79 Å². The number of primary amides is 1. The number of rotatable bonds is 5. The maximum Gasteiger partial charge on any atom is 0.317 e. The van der Waals surface area contributed by atoms with Gasteiger partial charge in [0.25, 0.3) is 0 Å². The standard InChI is InChI=1S/C15H22N4O3/c16-6-5-13-10-19(7-8-22-13)15(21)18-9-11-1-3-12(4-2-11)14(17)20/h1-4,13H,5-10,16H2,(H2,17,20)(H,18,21). The van der Waals surface area contributed by atoms with Crippen molar-refractivity contribution in [2.45, 2.75) is 19.1 Å². The average Bonchev–Trinajstić information content (AvgIpc) is 2.53. The van der Waals surface area contributed by atoms with Crippen LogP contribution in [0.5, 0.6) is 0 Å². The number of urea groups is 1. The van der Waals surface area contributed by atoms with Crippen LogP contribution in [0.15, 0.2) is 24.3 Å². The first-order valence-electron chi connectivity index (χ1n) is 7.33. The van der Waals surface area contributed by atoms with Crippen molar-refractivity contribution in [1.82, 2.24) is 10.2 Å². The zero-order valence-corrected chi connectivity index (χ0v) is 12.5. The summed E-state index contributed by atoms with van der Waals surface area (Å²) in [6.07, 6.45) is 0.762. The summed E-state index contributed by atoms with van der Waals surface area (Å²) in [7, 11) is 0. The molecule has 1 saturated heterocycles. The first-order valence-corrected chi connectivity index (χ1v) is 7.33. The van der Waals surface area contributed by atoms with E-state index in [0.29, 0.717) is 38.3 Å². The lowest BCUT2D eigenvalue weighted by Gasteiger charge is -2.32. The van der Waals surface area contributed by atoms with Crippen LogP contribution in [0, 0.1) is 0 Å². The van der Waals surface area contributed by atoms with E-state index in [1.165, 1.54) is 0 Å². The van der Waals surface area contributed by atoms with Crippen molar-refractivity contribution in [3.63, 3.8) is 0 Å². The molecule has 1 atom stereocenters. The van der Waals surface area contributed by atoms with Gasteiger partial charge in [-0.1, -0.05) is 12.1 Å². The molecule has 22 heavy (non-hydrogen) atoms. The van der Waals surface area contributed by atoms with Crippen LogP contribution in [-0.2, 0) is 11.3 Å². The fraction of sp³-hybridized carbons (Fsp3) is 0.467. The lowest BCUT2D eigenvalue weighted by Crippen LogP contribution is -2.49. The molecule has 1 aliphatic heterocycles. The van der Waals surface area contributed by atoms with E-state index in [0.717, 1.165) is 12.0 Å². The first kappa shape index (κ1) is 16.3. The minimum atomic E-state index is -0.463. The number of morpholine rings is 1. The zero-order chi connectivity index (χ0) is 15.9. The van der Waals surface area contributed by atoms with Crippen molar-refractivity contribution in [2.24, 2.45) is 11.5 Å². The lowest BCUT2D eigenvalue weighted by molar-refractivity contribution is -0.0165. The molecular formula is C15H22N4O3. The molecule has 0 spiro atoms. The molecule has 1 unspecified atom stereocenters. The summed E-state index contributed by atoms with van der Waals surface area (Å²) in [5.41, 5.74) is 12.1. The Labute approximate surface area is 129 Å². The highest BCUT2D eigenvalue weighted by atomic mass is 16.5. The van der Waals surface area contributed by atoms with Gasteiger partial charge in [0.1, 0.15) is 0 Å². The highest BCUT2D eigenvalue weighted by Crippen LogP contribution is 2.09. The van der Waals surface area contributed by atoms with E-state index < -0.39 is 5.91 Å². The van der Waals surface area contributed by atoms with Gasteiger partial charge in [0.15, 0.2) is 0 Å². The van der Waals surface area contributed by atoms with Gasteiger partial charge in [0, 0.05) is 25.2 Å². The third-order valence-corrected chi connectivity index (χ3v) is 3.60. The van der Waals surface area contributed by atoms with Crippen molar-refractivity contribution >= 4 is 11.9 Å². The number of nitrogens with zero attached hydrogens (tertiary/aromatic N) is 1. The summed E-state index contributed by atoms with van der Waals surface area (Å²) in [5, 5.41) is 2.86. The largest absolute Gasteiger partial charge is 0.374 e. The van der Waals surface area contributed by atoms with Gasteiger partial charge in [0.05, 0.1) is 12.7 Å². The SMILES string of the molecule is NCCC1CN(C(=O)NCc2ccc(C(N)=O)cc2)CCO1. The number of ether oxygens (including phenoxy) is 1. The molecule has 7 heteroatoms. The van der Waals surface area contributed by atoms with Crippen molar-refractivity contribution < 1.29 is 14.3 Å². The Kier molecular flexibility index (Phi) is 5.74. The number of hydrogen-bond donors (Lipinski definition) is 3. The molecule has 0 aliphatic carbocycles. The number of benzene rings is 1. The average molecular weight is 306 g/mol. The van der Waals surface area contributed by atoms with Gasteiger partial charge in [-0.15, -0.1) is 0 Å². The van der Waals surface area contributed by atoms with E-state index in [-0.39, 0.29) is 12.1 Å². The Morgan fingerprint density at radius 2 is 2.05 bits per heavy atom. The number of amides is 3. The quantitative estimate of drug-likeness (QED) is 0.713. The van der Waals surface area contributed by atoms with Crippen LogP contribution < -0.4 is 16.8 Å². The molecule has 120 valence electrons. The maximum absolute atomic E-state index is 12.2. The Morgan fingerprint density at radius 3 is 2.68 bits per heavy atom. The normalized spacial score (nSPS) is 18.0. The molecule has 0 aromatic heterocycles. The summed E-state index contributed by atoms with van der Waals surface area (Å²) in [4.78, 5) is 24.9. The highest BCUT2D eigenvalue weighted by Gasteiger charge is 2.23. The van der Waals surface area contributed by atoms with Gasteiger partial charge >= 0.3 is 6.03 Å². The molecule has 1 heterocycles. The van der Waals surface area contributed by atoms with Gasteiger partial charge in [-0.05, 0) is 30.7 Å². The highest BCUT2D eigenvalue weighted by molar-refractivity contribution is 5.92. The van der Waals surface area contributed by atoms with E-state index in [9.17, 15) is 9.59 Å². The molecule has 7 nitrogen and oxygen atoms in total. The summed E-state index contributed by atoms with van der Waals surface area (Å²) >= 11 is 0. The van der Waals surface area contributed by atoms with Gasteiger partial charge in [-0.25, -0.2) is 4.79 Å². The summed E-state index contributed by atoms with van der Waals surface area (Å²) in [6.45, 7) is 2.62. The molecule has 2 rings (SSSR count). The van der Waals surface area contributed by atoms with Gasteiger partial charge < -0.3 is 26.4 Å². The van der Waals surface area contributed by atoms with Crippen molar-refractivity contribution in [1.29, 1.82) is 0 Å². The third-order valence-electron chi connectivity index (χ3n) is 3.60. The Bertz CT molecular complexity index is 516. The fourth-order valence-corrected chi connectivity index (χ4v) is 2.34. The van der Waals surface area contributed by atoms with Crippen LogP contribution in [0.3, 0.4) is 0 Å². The minimum Gasteiger partial charge on any atom is -0.374 e. The molecule has 1 fully saturated rings. The van der Waals surface area contributed by atoms with Crippen LogP contribution in [-0.4, -0.2) is 49.2 Å². The molecule has 3 amide bonds. The van der Waals surface area contributed by atoms with E-state index in [1.54, 1.807) is 29.2 Å².